The van der Waals surface area contributed by atoms with Gasteiger partial charge in [0.2, 0.25) is 0 Å². The summed E-state index contributed by atoms with van der Waals surface area (Å²) in [5.74, 6) is 0.726. The van der Waals surface area contributed by atoms with E-state index in [1.165, 1.54) is 11.3 Å². The first-order chi connectivity index (χ1) is 7.16. The number of hydrogen-bond donors (Lipinski definition) is 0. The molecular weight excluding hydrogens is 230 g/mol. The molecule has 0 spiro atoms. The largest absolute Gasteiger partial charge is 0.341 e. The minimum Gasteiger partial charge on any atom is -0.341 e. The van der Waals surface area contributed by atoms with Crippen molar-refractivity contribution in [1.29, 1.82) is 0 Å². The molecule has 0 aromatic carbocycles. The van der Waals surface area contributed by atoms with Gasteiger partial charge in [-0.2, -0.15) is 0 Å². The average molecular weight is 244 g/mol. The maximum Gasteiger partial charge on any atom is 0.263 e. The van der Waals surface area contributed by atoms with E-state index >= 15 is 0 Å². The molecule has 0 atom stereocenters. The predicted octanol–water partition coefficient (Wildman–Crippen LogP) is 2.84. The van der Waals surface area contributed by atoms with Crippen LogP contribution in [-0.2, 0) is 0 Å². The Balaban J connectivity index is 1.86. The molecule has 1 saturated carbocycles. The molecule has 1 heterocycles. The van der Waals surface area contributed by atoms with E-state index in [9.17, 15) is 4.79 Å². The number of halogens is 1. The van der Waals surface area contributed by atoms with E-state index in [4.69, 9.17) is 11.6 Å². The van der Waals surface area contributed by atoms with E-state index in [2.05, 4.69) is 0 Å². The first kappa shape index (κ1) is 11.0. The third-order valence-electron chi connectivity index (χ3n) is 2.79. The fourth-order valence-electron chi connectivity index (χ4n) is 1.86. The maximum atomic E-state index is 11.9. The van der Waals surface area contributed by atoms with Gasteiger partial charge >= 0.3 is 0 Å². The van der Waals surface area contributed by atoms with Crippen LogP contribution in [0.25, 0.3) is 0 Å². The molecule has 1 amide bonds. The summed E-state index contributed by atoms with van der Waals surface area (Å²) < 4.78 is 0. The van der Waals surface area contributed by atoms with Gasteiger partial charge in [0.25, 0.3) is 5.91 Å². The zero-order valence-corrected chi connectivity index (χ0v) is 10.2. The number of hydrogen-bond acceptors (Lipinski definition) is 2. The summed E-state index contributed by atoms with van der Waals surface area (Å²) in [6.45, 7) is 0.833. The van der Waals surface area contributed by atoms with Gasteiger partial charge in [0.1, 0.15) is 0 Å². The summed E-state index contributed by atoms with van der Waals surface area (Å²) in [6.07, 6.45) is 2.09. The standard InChI is InChI=1S/C11H14ClNOS/c1-13(7-8-5-9(12)6-8)11(14)10-3-2-4-15-10/h2-4,8-9H,5-7H2,1H3. The second-order valence-electron chi connectivity index (χ2n) is 4.10. The molecule has 0 bridgehead atoms. The van der Waals surface area contributed by atoms with Gasteiger partial charge in [-0.3, -0.25) is 4.79 Å². The lowest BCUT2D eigenvalue weighted by atomic mass is 9.84. The minimum absolute atomic E-state index is 0.128. The van der Waals surface area contributed by atoms with Crippen LogP contribution in [0, 0.1) is 5.92 Å². The highest BCUT2D eigenvalue weighted by atomic mass is 35.5. The Morgan fingerprint density at radius 1 is 1.67 bits per heavy atom. The second kappa shape index (κ2) is 4.54. The monoisotopic (exact) mass is 243 g/mol. The van der Waals surface area contributed by atoms with Crippen molar-refractivity contribution in [3.63, 3.8) is 0 Å². The molecule has 1 aliphatic rings. The lowest BCUT2D eigenvalue weighted by Gasteiger charge is -2.33. The van der Waals surface area contributed by atoms with E-state index in [1.807, 2.05) is 24.6 Å². The molecule has 0 unspecified atom stereocenters. The van der Waals surface area contributed by atoms with Crippen molar-refractivity contribution < 1.29 is 4.79 Å². The molecule has 1 aliphatic carbocycles. The summed E-state index contributed by atoms with van der Waals surface area (Å²) in [5.41, 5.74) is 0. The first-order valence-electron chi connectivity index (χ1n) is 5.10. The zero-order chi connectivity index (χ0) is 10.8. The Morgan fingerprint density at radius 2 is 2.40 bits per heavy atom. The lowest BCUT2D eigenvalue weighted by molar-refractivity contribution is 0.0751. The van der Waals surface area contributed by atoms with Crippen LogP contribution in [0.15, 0.2) is 17.5 Å². The summed E-state index contributed by atoms with van der Waals surface area (Å²) in [6, 6.07) is 3.78. The van der Waals surface area contributed by atoms with Crippen LogP contribution in [0.3, 0.4) is 0 Å². The number of alkyl halides is 1. The lowest BCUT2D eigenvalue weighted by Crippen LogP contribution is -2.37. The highest BCUT2D eigenvalue weighted by Gasteiger charge is 2.29. The van der Waals surface area contributed by atoms with Crippen LogP contribution >= 0.6 is 22.9 Å². The van der Waals surface area contributed by atoms with Crippen LogP contribution in [-0.4, -0.2) is 29.8 Å². The maximum absolute atomic E-state index is 11.9. The molecule has 0 N–H and O–H groups in total. The summed E-state index contributed by atoms with van der Waals surface area (Å²) in [7, 11) is 1.86. The molecular formula is C11H14ClNOS. The highest BCUT2D eigenvalue weighted by molar-refractivity contribution is 7.12. The van der Waals surface area contributed by atoms with Crippen molar-refractivity contribution >= 4 is 28.8 Å². The number of carbonyl (C=O) groups excluding carboxylic acids is 1. The Bertz CT molecular complexity index is 332. The van der Waals surface area contributed by atoms with Crippen LogP contribution in [0.1, 0.15) is 22.5 Å². The third kappa shape index (κ3) is 2.52. The number of rotatable bonds is 3. The highest BCUT2D eigenvalue weighted by Crippen LogP contribution is 2.32. The van der Waals surface area contributed by atoms with Gasteiger partial charge in [-0.25, -0.2) is 0 Å². The van der Waals surface area contributed by atoms with Crippen molar-refractivity contribution in [3.05, 3.63) is 22.4 Å². The SMILES string of the molecule is CN(CC1CC(Cl)C1)C(=O)c1cccs1. The molecule has 82 valence electrons. The van der Waals surface area contributed by atoms with Crippen molar-refractivity contribution in [2.45, 2.75) is 18.2 Å². The molecule has 1 aromatic rings. The van der Waals surface area contributed by atoms with Gasteiger partial charge in [-0.15, -0.1) is 22.9 Å². The van der Waals surface area contributed by atoms with Gasteiger partial charge < -0.3 is 4.90 Å². The van der Waals surface area contributed by atoms with E-state index in [0.717, 1.165) is 24.3 Å². The van der Waals surface area contributed by atoms with Crippen molar-refractivity contribution in [3.8, 4) is 0 Å². The van der Waals surface area contributed by atoms with Crippen molar-refractivity contribution in [2.24, 2.45) is 5.92 Å². The molecule has 0 radical (unpaired) electrons. The Hall–Kier alpha value is -0.540. The number of amides is 1. The van der Waals surface area contributed by atoms with Gasteiger partial charge in [0.05, 0.1) is 4.88 Å². The Morgan fingerprint density at radius 3 is 2.93 bits per heavy atom. The molecule has 15 heavy (non-hydrogen) atoms. The van der Waals surface area contributed by atoms with E-state index in [1.54, 1.807) is 4.90 Å². The fraction of sp³-hybridized carbons (Fsp3) is 0.545. The summed E-state index contributed by atoms with van der Waals surface area (Å²) in [4.78, 5) is 14.5. The van der Waals surface area contributed by atoms with Gasteiger partial charge in [0, 0.05) is 19.0 Å². The first-order valence-corrected chi connectivity index (χ1v) is 6.41. The van der Waals surface area contributed by atoms with Crippen molar-refractivity contribution in [1.82, 2.24) is 4.90 Å². The van der Waals surface area contributed by atoms with E-state index in [0.29, 0.717) is 11.3 Å². The number of thiophene rings is 1. The quantitative estimate of drug-likeness (QED) is 0.748. The normalized spacial score (nSPS) is 24.7. The molecule has 0 saturated heterocycles. The molecule has 1 aromatic heterocycles. The van der Waals surface area contributed by atoms with Gasteiger partial charge in [0.15, 0.2) is 0 Å². The van der Waals surface area contributed by atoms with Crippen LogP contribution < -0.4 is 0 Å². The number of carbonyl (C=O) groups is 1. The van der Waals surface area contributed by atoms with E-state index < -0.39 is 0 Å². The number of nitrogens with zero attached hydrogens (tertiary/aromatic N) is 1. The third-order valence-corrected chi connectivity index (χ3v) is 4.00. The van der Waals surface area contributed by atoms with Crippen molar-refractivity contribution in [2.75, 3.05) is 13.6 Å². The van der Waals surface area contributed by atoms with E-state index in [-0.39, 0.29) is 5.91 Å². The molecule has 1 fully saturated rings. The van der Waals surface area contributed by atoms with Gasteiger partial charge in [-0.05, 0) is 30.2 Å². The minimum atomic E-state index is 0.128. The molecule has 2 nitrogen and oxygen atoms in total. The smallest absolute Gasteiger partial charge is 0.263 e. The Kier molecular flexibility index (Phi) is 3.32. The molecule has 4 heteroatoms. The van der Waals surface area contributed by atoms with Crippen LogP contribution in [0.4, 0.5) is 0 Å². The fourth-order valence-corrected chi connectivity index (χ4v) is 3.08. The van der Waals surface area contributed by atoms with Gasteiger partial charge in [-0.1, -0.05) is 6.07 Å². The second-order valence-corrected chi connectivity index (χ2v) is 5.66. The average Bonchev–Trinajstić information content (AvgIpc) is 2.66. The topological polar surface area (TPSA) is 20.3 Å². The summed E-state index contributed by atoms with van der Waals surface area (Å²) in [5, 5.41) is 2.26. The molecule has 0 aliphatic heterocycles. The predicted molar refractivity (Wildman–Crippen MR) is 63.6 cm³/mol. The summed E-state index contributed by atoms with van der Waals surface area (Å²) >= 11 is 7.40. The Labute approximate surface area is 98.8 Å². The molecule has 2 rings (SSSR count). The zero-order valence-electron chi connectivity index (χ0n) is 8.65. The van der Waals surface area contributed by atoms with Crippen LogP contribution in [0.5, 0.6) is 0 Å². The van der Waals surface area contributed by atoms with Crippen LogP contribution in [0.2, 0.25) is 0 Å².